The predicted molar refractivity (Wildman–Crippen MR) is 330 cm³/mol. The maximum absolute atomic E-state index is 14.4. The van der Waals surface area contributed by atoms with E-state index in [1.807, 2.05) is 87.4 Å². The number of rotatable bonds is 24. The number of nitrogens with zero attached hydrogens (tertiary/aromatic N) is 5. The average molecular weight is 1270 g/mol. The van der Waals surface area contributed by atoms with E-state index in [0.29, 0.717) is 56.4 Å². The lowest BCUT2D eigenvalue weighted by Gasteiger charge is -2.48. The van der Waals surface area contributed by atoms with Crippen molar-refractivity contribution in [3.8, 4) is 0 Å². The first-order chi connectivity index (χ1) is 41.9. The van der Waals surface area contributed by atoms with Gasteiger partial charge in [-0.05, 0) is 108 Å². The lowest BCUT2D eigenvalue weighted by Crippen LogP contribution is -2.56. The molecule has 7 aliphatic rings. The molecule has 0 spiro atoms. The minimum Gasteiger partial charge on any atom is -0.452 e. The number of aliphatic imine (C=N–C) groups is 3. The number of aryl methyl sites for hydroxylation is 2. The number of allylic oxidation sites excluding steroid dienone is 4. The van der Waals surface area contributed by atoms with Crippen molar-refractivity contribution in [1.29, 1.82) is 0 Å². The second kappa shape index (κ2) is 24.2. The van der Waals surface area contributed by atoms with Gasteiger partial charge in [-0.2, -0.15) is 0 Å². The van der Waals surface area contributed by atoms with Crippen LogP contribution < -0.4 is 39.3 Å². The van der Waals surface area contributed by atoms with Gasteiger partial charge in [0.1, 0.15) is 18.3 Å². The van der Waals surface area contributed by atoms with E-state index in [-0.39, 0.29) is 77.2 Å². The normalized spacial score (nSPS) is 34.3. The highest BCUT2D eigenvalue weighted by atomic mass is 31.2. The summed E-state index contributed by atoms with van der Waals surface area (Å²) in [6, 6.07) is 2.70. The molecule has 8 heterocycles. The van der Waals surface area contributed by atoms with Crippen molar-refractivity contribution in [2.24, 2.45) is 83.1 Å². The highest BCUT2D eigenvalue weighted by Crippen LogP contribution is 2.64. The largest absolute Gasteiger partial charge is 0.472 e. The number of nitrogens with two attached hydrogens (primary N) is 5. The Balaban J connectivity index is 1.10. The van der Waals surface area contributed by atoms with Crippen molar-refractivity contribution >= 4 is 77.4 Å². The molecule has 15 atom stereocenters. The number of hydrogen-bond acceptors (Lipinski definition) is 19. The van der Waals surface area contributed by atoms with E-state index in [4.69, 9.17) is 62.2 Å². The Labute approximate surface area is 522 Å². The molecule has 28 heteroatoms. The first kappa shape index (κ1) is 67.4. The monoisotopic (exact) mass is 1270 g/mol. The van der Waals surface area contributed by atoms with Crippen LogP contribution in [0.25, 0.3) is 11.0 Å². The topological polar surface area (TPSA) is 443 Å². The fraction of sp³-hybridized carbons (Fsp3) is 0.629. The summed E-state index contributed by atoms with van der Waals surface area (Å²) in [5.74, 6) is -6.56. The summed E-state index contributed by atoms with van der Waals surface area (Å²) in [4.78, 5) is 127. The highest BCUT2D eigenvalue weighted by molar-refractivity contribution is 7.47. The van der Waals surface area contributed by atoms with E-state index in [1.165, 1.54) is 13.3 Å². The van der Waals surface area contributed by atoms with Gasteiger partial charge in [0.2, 0.25) is 35.4 Å². The summed E-state index contributed by atoms with van der Waals surface area (Å²) >= 11 is 0. The van der Waals surface area contributed by atoms with Gasteiger partial charge >= 0.3 is 13.8 Å². The Bertz CT molecular complexity index is 3610. The zero-order valence-corrected chi connectivity index (χ0v) is 53.9. The molecule has 1 aromatic heterocycles. The Morgan fingerprint density at radius 3 is 2.14 bits per heavy atom. The summed E-state index contributed by atoms with van der Waals surface area (Å²) in [6.45, 7) is 19.2. The number of carbonyl (C=O) groups is 7. The zero-order chi connectivity index (χ0) is 66.3. The summed E-state index contributed by atoms with van der Waals surface area (Å²) < 4.78 is 38.7. The van der Waals surface area contributed by atoms with Gasteiger partial charge in [-0.15, -0.1) is 0 Å². The molecule has 0 aliphatic carbocycles. The molecule has 8 bridgehead atoms. The fourth-order valence-corrected chi connectivity index (χ4v) is 16.9. The van der Waals surface area contributed by atoms with Crippen LogP contribution in [0.5, 0.6) is 0 Å². The molecular formula is C62H87N12O15P. The number of hydrogen-bond donors (Lipinski definition) is 10. The minimum absolute atomic E-state index is 0.0123. The van der Waals surface area contributed by atoms with Gasteiger partial charge in [0.05, 0.1) is 59.2 Å². The number of phosphoric ester groups is 1. The van der Waals surface area contributed by atoms with Crippen molar-refractivity contribution in [3.63, 3.8) is 0 Å². The summed E-state index contributed by atoms with van der Waals surface area (Å²) in [5, 5.41) is 28.2. The second-order valence-electron chi connectivity index (χ2n) is 27.2. The number of primary amides is 5. The maximum Gasteiger partial charge on any atom is 0.472 e. The Morgan fingerprint density at radius 1 is 0.878 bits per heavy atom. The third kappa shape index (κ3) is 11.6. The summed E-state index contributed by atoms with van der Waals surface area (Å²) in [5.41, 5.74) is 29.4. The number of imidazole rings is 1. The molecule has 15 N–H and O–H groups in total. The third-order valence-corrected chi connectivity index (χ3v) is 22.2. The van der Waals surface area contributed by atoms with Gasteiger partial charge in [0.25, 0.3) is 0 Å². The number of aliphatic hydroxyl groups excluding tert-OH is 2. The minimum atomic E-state index is -5.07. The van der Waals surface area contributed by atoms with Gasteiger partial charge in [0.15, 0.2) is 11.8 Å². The number of phosphoric acid groups is 1. The standard InChI is InChI=1S/C62H87N12O15P/c1-29-20-37-38(21-30(29)2)74(28-69-37)56-51(83)52(39(27-75)86-56)89-90(84,85)88-31(3)26-68-47(81)17-18-58(8)36(22-45(66)79)55-61(11)59(9,24-46(67)80)35(13-15-43(64)77)50(73-61)33(5)54-60(10)25-48(82)87-62(60,19-16-44(65)78)41(71-54)23-40-57(6,7)34(12-14-42(63)76)49(70-40)32(4)53(58)72-55/h20-21,23,28,31,34-36,39,51-52,55-56,71,75,83H,12-19,22,24-27H2,1-11H3,(H2,63,76)(H2,64,77)(H2,65,78)(H2,66,79)(H2,67,80)(H,68,81)(H,84,85)/b41-23?,49-32?,54-33-/t31-,34-,35-,36+,39-,51-,52-,55-,56+,58-,59+,60-,61+,62+/m1/s1. The molecule has 90 heavy (non-hydrogen) atoms. The Kier molecular flexibility index (Phi) is 18.1. The van der Waals surface area contributed by atoms with Crippen LogP contribution in [-0.4, -0.2) is 138 Å². The number of fused-ring (bicyclic) bond motifs is 10. The molecule has 3 fully saturated rings. The molecule has 0 saturated carbocycles. The smallest absolute Gasteiger partial charge is 0.452 e. The van der Waals surface area contributed by atoms with Crippen LogP contribution in [0, 0.1) is 53.3 Å². The van der Waals surface area contributed by atoms with Crippen LogP contribution in [0.3, 0.4) is 0 Å². The maximum atomic E-state index is 14.4. The molecule has 1 unspecified atom stereocenters. The van der Waals surface area contributed by atoms with Crippen LogP contribution in [0.1, 0.15) is 150 Å². The van der Waals surface area contributed by atoms with Crippen molar-refractivity contribution in [1.82, 2.24) is 20.2 Å². The summed E-state index contributed by atoms with van der Waals surface area (Å²) in [7, 11) is -5.07. The second-order valence-corrected chi connectivity index (χ2v) is 28.6. The van der Waals surface area contributed by atoms with Crippen molar-refractivity contribution in [3.05, 3.63) is 63.9 Å². The van der Waals surface area contributed by atoms with Crippen LogP contribution >= 0.6 is 7.82 Å². The number of carbonyl (C=O) groups excluding carboxylic acids is 7. The third-order valence-electron chi connectivity index (χ3n) is 21.0. The highest BCUT2D eigenvalue weighted by Gasteiger charge is 2.69. The van der Waals surface area contributed by atoms with Gasteiger partial charge < -0.3 is 68.4 Å². The number of amides is 6. The van der Waals surface area contributed by atoms with Crippen molar-refractivity contribution < 1.29 is 71.8 Å². The molecule has 27 nitrogen and oxygen atoms in total. The van der Waals surface area contributed by atoms with Crippen molar-refractivity contribution in [2.45, 2.75) is 195 Å². The number of benzene rings is 1. The summed E-state index contributed by atoms with van der Waals surface area (Å²) in [6.07, 6.45) is -4.61. The van der Waals surface area contributed by atoms with Crippen LogP contribution in [0.4, 0.5) is 0 Å². The van der Waals surface area contributed by atoms with E-state index < -0.39 is 143 Å². The van der Waals surface area contributed by atoms with Gasteiger partial charge in [-0.1, -0.05) is 27.7 Å². The molecule has 6 amide bonds. The first-order valence-corrected chi connectivity index (χ1v) is 32.0. The number of aromatic nitrogens is 2. The Morgan fingerprint density at radius 2 is 1.52 bits per heavy atom. The lowest BCUT2D eigenvalue weighted by molar-refractivity contribution is -0.148. The quantitative estimate of drug-likeness (QED) is 0.0532. The van der Waals surface area contributed by atoms with Gasteiger partial charge in [-0.3, -0.25) is 57.6 Å². The van der Waals surface area contributed by atoms with Gasteiger partial charge in [0, 0.05) is 114 Å². The Hall–Kier alpha value is -7.00. The molecule has 9 rings (SSSR count). The van der Waals surface area contributed by atoms with Crippen molar-refractivity contribution in [2.75, 3.05) is 13.2 Å². The van der Waals surface area contributed by atoms with E-state index >= 15 is 0 Å². The molecule has 490 valence electrons. The molecule has 1 aromatic carbocycles. The van der Waals surface area contributed by atoms with Crippen LogP contribution in [0.15, 0.2) is 67.8 Å². The molecule has 7 aliphatic heterocycles. The number of aliphatic hydroxyl groups is 2. The molecule has 2 aromatic rings. The molecule has 3 saturated heterocycles. The fourth-order valence-electron chi connectivity index (χ4n) is 15.8. The van der Waals surface area contributed by atoms with E-state index in [0.717, 1.165) is 11.1 Å². The predicted octanol–water partition coefficient (Wildman–Crippen LogP) is 3.36. The number of ether oxygens (including phenoxy) is 2. The average Bonchev–Trinajstić information content (AvgIpc) is 1.53. The van der Waals surface area contributed by atoms with E-state index in [1.54, 1.807) is 4.57 Å². The lowest BCUT2D eigenvalue weighted by atomic mass is 9.55. The zero-order valence-electron chi connectivity index (χ0n) is 53.0. The van der Waals surface area contributed by atoms with Gasteiger partial charge in [-0.25, -0.2) is 9.55 Å². The number of esters is 1. The first-order valence-electron chi connectivity index (χ1n) is 30.6. The molecular weight excluding hydrogens is 1180 g/mol. The number of nitrogens with one attached hydrogen (secondary N) is 2. The molecule has 0 radical (unpaired) electrons. The SMILES string of the molecule is CC1=C2N=C(C=C3N/C(=C(/C)C4=N[C@@](C)([C@@H]5N=C1[C@](C)(CCC(=O)NC[C@@H](C)OP(=O)(O)O[C@H]1[C@@H](O)[C@@H](n6cnc7cc(C)c(C)cc76)O[C@@H]1CO)[C@H]5CC(N)=O)[C@@](C)(CC(N)=O)[C@@H]4CCC(N)=O)[C@@]1(C)CC(=O)O[C@@]31CCC(N)=O)C(C)(C)[C@@H]2CCC(N)=O. The van der Waals surface area contributed by atoms with Crippen LogP contribution in [-0.2, 0) is 56.6 Å². The van der Waals surface area contributed by atoms with Crippen LogP contribution in [0.2, 0.25) is 0 Å². The van der Waals surface area contributed by atoms with E-state index in [2.05, 4.69) is 15.6 Å². The van der Waals surface area contributed by atoms with E-state index in [9.17, 15) is 53.2 Å².